The summed E-state index contributed by atoms with van der Waals surface area (Å²) in [7, 11) is 4.08. The van der Waals surface area contributed by atoms with E-state index in [1.807, 2.05) is 13.2 Å². The van der Waals surface area contributed by atoms with E-state index in [0.717, 1.165) is 12.5 Å². The molecular formula is C9H16N4. The molecule has 1 aliphatic rings. The highest BCUT2D eigenvalue weighted by Crippen LogP contribution is 2.22. The van der Waals surface area contributed by atoms with Gasteiger partial charge in [0.15, 0.2) is 0 Å². The summed E-state index contributed by atoms with van der Waals surface area (Å²) in [5, 5.41) is 3.10. The SMILES string of the molecule is CNc1nccn1C1CCN(C)C1. The van der Waals surface area contributed by atoms with Gasteiger partial charge in [-0.25, -0.2) is 4.98 Å². The van der Waals surface area contributed by atoms with Gasteiger partial charge in [-0.15, -0.1) is 0 Å². The van der Waals surface area contributed by atoms with E-state index in [2.05, 4.69) is 33.0 Å². The van der Waals surface area contributed by atoms with Crippen molar-refractivity contribution in [1.29, 1.82) is 0 Å². The molecule has 0 radical (unpaired) electrons. The summed E-state index contributed by atoms with van der Waals surface area (Å²) in [5.74, 6) is 0.973. The van der Waals surface area contributed by atoms with Gasteiger partial charge in [0.2, 0.25) is 5.95 Å². The van der Waals surface area contributed by atoms with Crippen LogP contribution in [0.15, 0.2) is 12.4 Å². The Balaban J connectivity index is 2.16. The van der Waals surface area contributed by atoms with Gasteiger partial charge in [-0.3, -0.25) is 0 Å². The maximum atomic E-state index is 4.24. The summed E-state index contributed by atoms with van der Waals surface area (Å²) in [5.41, 5.74) is 0. The molecule has 1 saturated heterocycles. The Morgan fingerprint density at radius 3 is 3.08 bits per heavy atom. The normalized spacial score (nSPS) is 23.7. The lowest BCUT2D eigenvalue weighted by Crippen LogP contribution is -2.17. The molecule has 0 aliphatic carbocycles. The third kappa shape index (κ3) is 1.54. The Morgan fingerprint density at radius 1 is 1.62 bits per heavy atom. The minimum Gasteiger partial charge on any atom is -0.359 e. The van der Waals surface area contributed by atoms with E-state index in [1.54, 1.807) is 0 Å². The summed E-state index contributed by atoms with van der Waals surface area (Å²) in [4.78, 5) is 6.59. The number of imidazole rings is 1. The molecule has 1 aromatic heterocycles. The molecule has 0 aromatic carbocycles. The number of nitrogens with zero attached hydrogens (tertiary/aromatic N) is 3. The summed E-state index contributed by atoms with van der Waals surface area (Å²) >= 11 is 0. The number of likely N-dealkylation sites (N-methyl/N-ethyl adjacent to an activating group) is 1. The summed E-state index contributed by atoms with van der Waals surface area (Å²) in [6.45, 7) is 2.32. The van der Waals surface area contributed by atoms with Gasteiger partial charge in [0.05, 0.1) is 6.04 Å². The van der Waals surface area contributed by atoms with Gasteiger partial charge in [0.1, 0.15) is 0 Å². The number of hydrogen-bond acceptors (Lipinski definition) is 3. The van der Waals surface area contributed by atoms with E-state index < -0.39 is 0 Å². The highest BCUT2D eigenvalue weighted by molar-refractivity contribution is 5.25. The molecule has 0 amide bonds. The summed E-state index contributed by atoms with van der Waals surface area (Å²) < 4.78 is 2.23. The molecule has 0 bridgehead atoms. The van der Waals surface area contributed by atoms with Crippen LogP contribution in [0, 0.1) is 0 Å². The van der Waals surface area contributed by atoms with Crippen LogP contribution in [0.5, 0.6) is 0 Å². The highest BCUT2D eigenvalue weighted by Gasteiger charge is 2.22. The van der Waals surface area contributed by atoms with Gasteiger partial charge in [-0.05, 0) is 20.0 Å². The van der Waals surface area contributed by atoms with Crippen molar-refractivity contribution < 1.29 is 0 Å². The lowest BCUT2D eigenvalue weighted by molar-refractivity contribution is 0.393. The summed E-state index contributed by atoms with van der Waals surface area (Å²) in [6, 6.07) is 0.593. The molecule has 1 N–H and O–H groups in total. The minimum absolute atomic E-state index is 0.593. The first kappa shape index (κ1) is 8.56. The van der Waals surface area contributed by atoms with Gasteiger partial charge in [-0.2, -0.15) is 0 Å². The number of aromatic nitrogens is 2. The van der Waals surface area contributed by atoms with E-state index in [1.165, 1.54) is 13.0 Å². The topological polar surface area (TPSA) is 33.1 Å². The molecule has 1 unspecified atom stereocenters. The second-order valence-corrected chi connectivity index (χ2v) is 3.61. The second kappa shape index (κ2) is 3.38. The fourth-order valence-electron chi connectivity index (χ4n) is 1.94. The molecular weight excluding hydrogens is 164 g/mol. The lowest BCUT2D eigenvalue weighted by Gasteiger charge is -2.14. The quantitative estimate of drug-likeness (QED) is 0.731. The predicted octanol–water partition coefficient (Wildman–Crippen LogP) is 0.801. The van der Waals surface area contributed by atoms with Crippen LogP contribution in [-0.2, 0) is 0 Å². The van der Waals surface area contributed by atoms with Crippen LogP contribution in [0.4, 0.5) is 5.95 Å². The first-order valence-electron chi connectivity index (χ1n) is 4.70. The van der Waals surface area contributed by atoms with Crippen molar-refractivity contribution in [2.45, 2.75) is 12.5 Å². The maximum Gasteiger partial charge on any atom is 0.202 e. The average molecular weight is 180 g/mol. The van der Waals surface area contributed by atoms with E-state index in [9.17, 15) is 0 Å². The van der Waals surface area contributed by atoms with Gasteiger partial charge in [0.25, 0.3) is 0 Å². The maximum absolute atomic E-state index is 4.24. The van der Waals surface area contributed by atoms with Crippen LogP contribution in [0.2, 0.25) is 0 Å². The van der Waals surface area contributed by atoms with Gasteiger partial charge < -0.3 is 14.8 Å². The molecule has 1 aromatic rings. The molecule has 4 heteroatoms. The number of hydrogen-bond donors (Lipinski definition) is 1. The largest absolute Gasteiger partial charge is 0.359 e. The van der Waals surface area contributed by atoms with Crippen LogP contribution in [0.3, 0.4) is 0 Å². The van der Waals surface area contributed by atoms with Crippen molar-refractivity contribution in [2.24, 2.45) is 0 Å². The number of anilines is 1. The van der Waals surface area contributed by atoms with Crippen LogP contribution in [0.1, 0.15) is 12.5 Å². The Hall–Kier alpha value is -1.03. The molecule has 0 saturated carbocycles. The monoisotopic (exact) mass is 180 g/mol. The Kier molecular flexibility index (Phi) is 2.22. The number of nitrogens with one attached hydrogen (secondary N) is 1. The molecule has 72 valence electrons. The zero-order chi connectivity index (χ0) is 9.26. The van der Waals surface area contributed by atoms with Crippen molar-refractivity contribution in [2.75, 3.05) is 32.5 Å². The second-order valence-electron chi connectivity index (χ2n) is 3.61. The standard InChI is InChI=1S/C9H16N4/c1-10-9-11-4-6-13(9)8-3-5-12(2)7-8/h4,6,8H,3,5,7H2,1-2H3,(H,10,11). The third-order valence-electron chi connectivity index (χ3n) is 2.65. The zero-order valence-electron chi connectivity index (χ0n) is 8.20. The van der Waals surface area contributed by atoms with Crippen molar-refractivity contribution >= 4 is 5.95 Å². The predicted molar refractivity (Wildman–Crippen MR) is 52.9 cm³/mol. The van der Waals surface area contributed by atoms with Crippen molar-refractivity contribution in [3.63, 3.8) is 0 Å². The van der Waals surface area contributed by atoms with Crippen LogP contribution < -0.4 is 5.32 Å². The minimum atomic E-state index is 0.593. The summed E-state index contributed by atoms with van der Waals surface area (Å²) in [6.07, 6.45) is 5.13. The Labute approximate surface area is 78.6 Å². The van der Waals surface area contributed by atoms with Crippen molar-refractivity contribution in [3.8, 4) is 0 Å². The molecule has 1 aliphatic heterocycles. The van der Waals surface area contributed by atoms with Crippen LogP contribution in [-0.4, -0.2) is 41.6 Å². The van der Waals surface area contributed by atoms with E-state index in [4.69, 9.17) is 0 Å². The van der Waals surface area contributed by atoms with E-state index in [-0.39, 0.29) is 0 Å². The molecule has 1 atom stereocenters. The number of rotatable bonds is 2. The van der Waals surface area contributed by atoms with Crippen molar-refractivity contribution in [1.82, 2.24) is 14.5 Å². The first-order valence-corrected chi connectivity index (χ1v) is 4.70. The molecule has 13 heavy (non-hydrogen) atoms. The highest BCUT2D eigenvalue weighted by atomic mass is 15.2. The van der Waals surface area contributed by atoms with Crippen molar-refractivity contribution in [3.05, 3.63) is 12.4 Å². The fraction of sp³-hybridized carbons (Fsp3) is 0.667. The molecule has 1 fully saturated rings. The fourth-order valence-corrected chi connectivity index (χ4v) is 1.94. The van der Waals surface area contributed by atoms with Crippen LogP contribution >= 0.6 is 0 Å². The molecule has 2 rings (SSSR count). The van der Waals surface area contributed by atoms with E-state index >= 15 is 0 Å². The molecule has 0 spiro atoms. The zero-order valence-corrected chi connectivity index (χ0v) is 8.20. The smallest absolute Gasteiger partial charge is 0.202 e. The Bertz CT molecular complexity index is 281. The van der Waals surface area contributed by atoms with Gasteiger partial charge in [-0.1, -0.05) is 0 Å². The first-order chi connectivity index (χ1) is 6.31. The lowest BCUT2D eigenvalue weighted by atomic mass is 10.2. The Morgan fingerprint density at radius 2 is 2.46 bits per heavy atom. The molecule has 4 nitrogen and oxygen atoms in total. The van der Waals surface area contributed by atoms with Gasteiger partial charge in [0, 0.05) is 26.0 Å². The van der Waals surface area contributed by atoms with Gasteiger partial charge >= 0.3 is 0 Å². The average Bonchev–Trinajstić information content (AvgIpc) is 2.71. The molecule has 2 heterocycles. The van der Waals surface area contributed by atoms with E-state index in [0.29, 0.717) is 6.04 Å². The third-order valence-corrected chi connectivity index (χ3v) is 2.65. The van der Waals surface area contributed by atoms with Crippen LogP contribution in [0.25, 0.3) is 0 Å². The number of likely N-dealkylation sites (tertiary alicyclic amines) is 1.